The van der Waals surface area contributed by atoms with Gasteiger partial charge in [0.2, 0.25) is 0 Å². The van der Waals surface area contributed by atoms with Crippen molar-refractivity contribution >= 4 is 11.9 Å². The van der Waals surface area contributed by atoms with Crippen LogP contribution in [0.15, 0.2) is 60.9 Å². The van der Waals surface area contributed by atoms with E-state index in [1.807, 2.05) is 36.4 Å². The molecule has 2 aromatic rings. The molecule has 0 spiro atoms. The van der Waals surface area contributed by atoms with Gasteiger partial charge in [-0.15, -0.1) is 0 Å². The van der Waals surface area contributed by atoms with Crippen molar-refractivity contribution in [1.29, 1.82) is 0 Å². The summed E-state index contributed by atoms with van der Waals surface area (Å²) in [6.45, 7) is 5.11. The first-order chi connectivity index (χ1) is 13.5. The number of esters is 1. The highest BCUT2D eigenvalue weighted by Gasteiger charge is 2.55. The molecule has 5 nitrogen and oxygen atoms in total. The maximum atomic E-state index is 12.7. The lowest BCUT2D eigenvalue weighted by Gasteiger charge is -2.24. The summed E-state index contributed by atoms with van der Waals surface area (Å²) >= 11 is 0. The van der Waals surface area contributed by atoms with Crippen LogP contribution >= 0.6 is 0 Å². The van der Waals surface area contributed by atoms with Crippen LogP contribution in [0.25, 0.3) is 0 Å². The number of pyridine rings is 1. The molecule has 1 amide bonds. The Kier molecular flexibility index (Phi) is 4.75. The molecule has 4 rings (SSSR count). The highest BCUT2D eigenvalue weighted by Crippen LogP contribution is 2.52. The molecule has 0 N–H and O–H groups in total. The predicted octanol–water partition coefficient (Wildman–Crippen LogP) is 3.41. The number of allylic oxidation sites excluding steroid dienone is 1. The van der Waals surface area contributed by atoms with Gasteiger partial charge in [-0.05, 0) is 54.7 Å². The third kappa shape index (κ3) is 3.33. The fourth-order valence-electron chi connectivity index (χ4n) is 4.45. The quantitative estimate of drug-likeness (QED) is 0.593. The van der Waals surface area contributed by atoms with Crippen LogP contribution in [0.1, 0.15) is 34.3 Å². The zero-order valence-corrected chi connectivity index (χ0v) is 16.1. The zero-order chi connectivity index (χ0) is 19.7. The summed E-state index contributed by atoms with van der Waals surface area (Å²) in [5, 5.41) is 0. The first kappa shape index (κ1) is 18.4. The lowest BCUT2D eigenvalue weighted by Crippen LogP contribution is -2.31. The number of nitrogens with zero attached hydrogens (tertiary/aromatic N) is 2. The molecule has 144 valence electrons. The van der Waals surface area contributed by atoms with E-state index in [1.54, 1.807) is 24.3 Å². The molecule has 2 fully saturated rings. The van der Waals surface area contributed by atoms with Gasteiger partial charge in [-0.2, -0.15) is 0 Å². The van der Waals surface area contributed by atoms with E-state index in [0.717, 1.165) is 23.1 Å². The van der Waals surface area contributed by atoms with Crippen molar-refractivity contribution in [2.45, 2.75) is 25.8 Å². The SMILES string of the molecule is C=C1CC2COC(=O)C2(Cc2ccc(C(=O)N(C)Cc3ccncc3)cc2)C1. The van der Waals surface area contributed by atoms with Crippen molar-refractivity contribution in [3.8, 4) is 0 Å². The molecule has 2 atom stereocenters. The molecule has 1 aliphatic carbocycles. The Hall–Kier alpha value is -2.95. The molecule has 1 saturated carbocycles. The average molecular weight is 376 g/mol. The van der Waals surface area contributed by atoms with Gasteiger partial charge in [0, 0.05) is 37.5 Å². The number of aromatic nitrogens is 1. The number of rotatable bonds is 5. The lowest BCUT2D eigenvalue weighted by atomic mass is 9.75. The molecule has 2 heterocycles. The van der Waals surface area contributed by atoms with Crippen molar-refractivity contribution < 1.29 is 14.3 Å². The van der Waals surface area contributed by atoms with Gasteiger partial charge >= 0.3 is 5.97 Å². The summed E-state index contributed by atoms with van der Waals surface area (Å²) in [6, 6.07) is 11.4. The molecule has 2 unspecified atom stereocenters. The minimum atomic E-state index is -0.471. The van der Waals surface area contributed by atoms with E-state index < -0.39 is 5.41 Å². The van der Waals surface area contributed by atoms with E-state index in [9.17, 15) is 9.59 Å². The monoisotopic (exact) mass is 376 g/mol. The van der Waals surface area contributed by atoms with Crippen LogP contribution in [0.4, 0.5) is 0 Å². The van der Waals surface area contributed by atoms with E-state index in [1.165, 1.54) is 0 Å². The zero-order valence-electron chi connectivity index (χ0n) is 16.1. The maximum Gasteiger partial charge on any atom is 0.313 e. The van der Waals surface area contributed by atoms with Crippen molar-refractivity contribution in [3.63, 3.8) is 0 Å². The molecule has 0 bridgehead atoms. The summed E-state index contributed by atoms with van der Waals surface area (Å²) in [5.74, 6) is 0.0858. The first-order valence-corrected chi connectivity index (χ1v) is 9.55. The molecule has 1 aliphatic heterocycles. The minimum absolute atomic E-state index is 0.0334. The fourth-order valence-corrected chi connectivity index (χ4v) is 4.45. The number of fused-ring (bicyclic) bond motifs is 1. The Labute approximate surface area is 165 Å². The Balaban J connectivity index is 1.46. The first-order valence-electron chi connectivity index (χ1n) is 9.55. The highest BCUT2D eigenvalue weighted by molar-refractivity contribution is 5.94. The van der Waals surface area contributed by atoms with Crippen molar-refractivity contribution in [2.24, 2.45) is 11.3 Å². The van der Waals surface area contributed by atoms with Crippen LogP contribution in [-0.2, 0) is 22.5 Å². The summed E-state index contributed by atoms with van der Waals surface area (Å²) in [4.78, 5) is 30.8. The smallest absolute Gasteiger partial charge is 0.313 e. The minimum Gasteiger partial charge on any atom is -0.465 e. The second-order valence-electron chi connectivity index (χ2n) is 7.97. The molecular weight excluding hydrogens is 352 g/mol. The van der Waals surface area contributed by atoms with Gasteiger partial charge in [0.05, 0.1) is 12.0 Å². The van der Waals surface area contributed by atoms with Crippen LogP contribution in [-0.4, -0.2) is 35.4 Å². The van der Waals surface area contributed by atoms with Crippen molar-refractivity contribution in [1.82, 2.24) is 9.88 Å². The number of carbonyl (C=O) groups is 2. The Bertz CT molecular complexity index is 907. The summed E-state index contributed by atoms with van der Waals surface area (Å²) in [5.41, 5.74) is 3.38. The van der Waals surface area contributed by atoms with Gasteiger partial charge in [0.25, 0.3) is 5.91 Å². The van der Waals surface area contributed by atoms with Gasteiger partial charge in [0.15, 0.2) is 0 Å². The molecule has 1 saturated heterocycles. The lowest BCUT2D eigenvalue weighted by molar-refractivity contribution is -0.146. The van der Waals surface area contributed by atoms with Crippen LogP contribution in [0, 0.1) is 11.3 Å². The van der Waals surface area contributed by atoms with Crippen LogP contribution in [0.5, 0.6) is 0 Å². The van der Waals surface area contributed by atoms with Crippen LogP contribution in [0.3, 0.4) is 0 Å². The van der Waals surface area contributed by atoms with Crippen LogP contribution in [0.2, 0.25) is 0 Å². The summed E-state index contributed by atoms with van der Waals surface area (Å²) in [6.07, 6.45) is 5.65. The van der Waals surface area contributed by atoms with E-state index in [0.29, 0.717) is 31.6 Å². The number of hydrogen-bond donors (Lipinski definition) is 0. The number of hydrogen-bond acceptors (Lipinski definition) is 4. The highest BCUT2D eigenvalue weighted by atomic mass is 16.5. The topological polar surface area (TPSA) is 59.5 Å². The third-order valence-electron chi connectivity index (χ3n) is 5.94. The van der Waals surface area contributed by atoms with E-state index in [2.05, 4.69) is 11.6 Å². The van der Waals surface area contributed by atoms with Crippen molar-refractivity contribution in [3.05, 3.63) is 77.6 Å². The fraction of sp³-hybridized carbons (Fsp3) is 0.348. The Morgan fingerprint density at radius 3 is 2.64 bits per heavy atom. The maximum absolute atomic E-state index is 12.7. The molecule has 5 heteroatoms. The molecular formula is C23H24N2O3. The van der Waals surface area contributed by atoms with Gasteiger partial charge in [-0.1, -0.05) is 24.3 Å². The predicted molar refractivity (Wildman–Crippen MR) is 105 cm³/mol. The van der Waals surface area contributed by atoms with Crippen molar-refractivity contribution in [2.75, 3.05) is 13.7 Å². The number of amides is 1. The Morgan fingerprint density at radius 1 is 1.21 bits per heavy atom. The van der Waals surface area contributed by atoms with E-state index >= 15 is 0 Å². The molecule has 0 radical (unpaired) electrons. The molecule has 1 aromatic heterocycles. The van der Waals surface area contributed by atoms with E-state index in [4.69, 9.17) is 4.74 Å². The standard InChI is InChI=1S/C23H24N2O3/c1-16-11-20-15-28-22(27)23(20,12-16)13-17-3-5-19(6-4-17)21(26)25(2)14-18-7-9-24-10-8-18/h3-10,20H,1,11-15H2,2H3. The normalized spacial score (nSPS) is 23.4. The second kappa shape index (κ2) is 7.23. The van der Waals surface area contributed by atoms with Crippen LogP contribution < -0.4 is 0 Å². The second-order valence-corrected chi connectivity index (χ2v) is 7.97. The number of carbonyl (C=O) groups excluding carboxylic acids is 2. The average Bonchev–Trinajstić information content (AvgIpc) is 3.16. The number of ether oxygens (including phenoxy) is 1. The molecule has 2 aliphatic rings. The number of benzene rings is 1. The molecule has 1 aromatic carbocycles. The van der Waals surface area contributed by atoms with Gasteiger partial charge in [-0.25, -0.2) is 0 Å². The van der Waals surface area contributed by atoms with Gasteiger partial charge in [-0.3, -0.25) is 14.6 Å². The number of cyclic esters (lactones) is 1. The molecule has 28 heavy (non-hydrogen) atoms. The van der Waals surface area contributed by atoms with Gasteiger partial charge in [0.1, 0.15) is 0 Å². The Morgan fingerprint density at radius 2 is 1.93 bits per heavy atom. The third-order valence-corrected chi connectivity index (χ3v) is 5.94. The largest absolute Gasteiger partial charge is 0.465 e. The summed E-state index contributed by atoms with van der Waals surface area (Å²) in [7, 11) is 1.79. The van der Waals surface area contributed by atoms with Gasteiger partial charge < -0.3 is 9.64 Å². The van der Waals surface area contributed by atoms with E-state index in [-0.39, 0.29) is 17.8 Å². The summed E-state index contributed by atoms with van der Waals surface area (Å²) < 4.78 is 5.35.